The Morgan fingerprint density at radius 1 is 0.962 bits per heavy atom. The number of hydrogen-bond acceptors (Lipinski definition) is 3. The summed E-state index contributed by atoms with van der Waals surface area (Å²) in [7, 11) is 0. The third-order valence-corrected chi connectivity index (χ3v) is 6.76. The molecule has 2 nitrogen and oxygen atoms in total. The van der Waals surface area contributed by atoms with Gasteiger partial charge in [0.2, 0.25) is 5.91 Å². The van der Waals surface area contributed by atoms with E-state index in [1.165, 1.54) is 11.1 Å². The molecule has 2 aromatic rings. The maximum absolute atomic E-state index is 12.4. The van der Waals surface area contributed by atoms with Crippen LogP contribution >= 0.6 is 23.5 Å². The van der Waals surface area contributed by atoms with E-state index in [9.17, 15) is 4.79 Å². The van der Waals surface area contributed by atoms with Gasteiger partial charge in [0.15, 0.2) is 0 Å². The van der Waals surface area contributed by atoms with Crippen LogP contribution < -0.4 is 5.32 Å². The Morgan fingerprint density at radius 3 is 2.08 bits per heavy atom. The van der Waals surface area contributed by atoms with Gasteiger partial charge in [-0.25, -0.2) is 0 Å². The quantitative estimate of drug-likeness (QED) is 0.593. The molecular formula is C22H29NOS2. The van der Waals surface area contributed by atoms with Crippen molar-refractivity contribution in [3.63, 3.8) is 0 Å². The van der Waals surface area contributed by atoms with E-state index in [1.807, 2.05) is 42.6 Å². The van der Waals surface area contributed by atoms with Gasteiger partial charge in [-0.2, -0.15) is 11.8 Å². The van der Waals surface area contributed by atoms with Crippen molar-refractivity contribution in [2.75, 3.05) is 12.3 Å². The highest BCUT2D eigenvalue weighted by Crippen LogP contribution is 2.27. The molecule has 0 aliphatic rings. The Morgan fingerprint density at radius 2 is 1.50 bits per heavy atom. The first-order chi connectivity index (χ1) is 12.5. The first-order valence-electron chi connectivity index (χ1n) is 9.03. The van der Waals surface area contributed by atoms with Gasteiger partial charge in [0.05, 0.1) is 0 Å². The molecule has 0 aromatic heterocycles. The summed E-state index contributed by atoms with van der Waals surface area (Å²) in [6, 6.07) is 20.9. The van der Waals surface area contributed by atoms with Gasteiger partial charge < -0.3 is 5.32 Å². The summed E-state index contributed by atoms with van der Waals surface area (Å²) in [4.78, 5) is 12.4. The van der Waals surface area contributed by atoms with Crippen molar-refractivity contribution in [2.24, 2.45) is 5.92 Å². The molecule has 1 atom stereocenters. The van der Waals surface area contributed by atoms with E-state index >= 15 is 0 Å². The average molecular weight is 388 g/mol. The van der Waals surface area contributed by atoms with Gasteiger partial charge in [0, 0.05) is 34.5 Å². The molecule has 2 rings (SSSR count). The van der Waals surface area contributed by atoms with Gasteiger partial charge in [-0.05, 0) is 25.0 Å². The fourth-order valence-corrected chi connectivity index (χ4v) is 4.36. The number of rotatable bonds is 10. The Labute approximate surface area is 166 Å². The van der Waals surface area contributed by atoms with E-state index in [2.05, 4.69) is 67.7 Å². The lowest BCUT2D eigenvalue weighted by Crippen LogP contribution is -2.39. The summed E-state index contributed by atoms with van der Waals surface area (Å²) in [5, 5.41) is 3.13. The monoisotopic (exact) mass is 387 g/mol. The molecule has 0 bridgehead atoms. The minimum atomic E-state index is 0.0163. The maximum Gasteiger partial charge on any atom is 0.223 e. The van der Waals surface area contributed by atoms with Crippen LogP contribution in [0.25, 0.3) is 0 Å². The minimum absolute atomic E-state index is 0.0163. The molecule has 0 aliphatic heterocycles. The predicted octanol–water partition coefficient (Wildman–Crippen LogP) is 5.38. The average Bonchev–Trinajstić information content (AvgIpc) is 2.66. The summed E-state index contributed by atoms with van der Waals surface area (Å²) < 4.78 is 0.0163. The molecule has 0 radical (unpaired) electrons. The molecule has 0 spiro atoms. The molecule has 1 amide bonds. The lowest BCUT2D eigenvalue weighted by atomic mass is 10.1. The number of carbonyl (C=O) groups is 1. The summed E-state index contributed by atoms with van der Waals surface area (Å²) in [5.74, 6) is 2.94. The van der Waals surface area contributed by atoms with E-state index in [-0.39, 0.29) is 16.6 Å². The van der Waals surface area contributed by atoms with Crippen LogP contribution in [0.1, 0.15) is 31.9 Å². The lowest BCUT2D eigenvalue weighted by Gasteiger charge is -2.25. The van der Waals surface area contributed by atoms with E-state index in [0.29, 0.717) is 6.54 Å². The fourth-order valence-electron chi connectivity index (χ4n) is 2.38. The number of thioether (sulfide) groups is 2. The summed E-state index contributed by atoms with van der Waals surface area (Å²) in [6.07, 6.45) is 0. The second kappa shape index (κ2) is 10.7. The van der Waals surface area contributed by atoms with Gasteiger partial charge in [-0.3, -0.25) is 4.79 Å². The number of carbonyl (C=O) groups excluding carboxylic acids is 1. The molecule has 2 aromatic carbocycles. The first-order valence-corrected chi connectivity index (χ1v) is 11.2. The van der Waals surface area contributed by atoms with Crippen molar-refractivity contribution >= 4 is 29.4 Å². The maximum atomic E-state index is 12.4. The minimum Gasteiger partial charge on any atom is -0.354 e. The highest BCUT2D eigenvalue weighted by Gasteiger charge is 2.21. The third-order valence-electron chi connectivity index (χ3n) is 4.09. The second-order valence-electron chi connectivity index (χ2n) is 7.15. The topological polar surface area (TPSA) is 29.1 Å². The Kier molecular flexibility index (Phi) is 8.60. The lowest BCUT2D eigenvalue weighted by molar-refractivity contribution is -0.123. The molecule has 0 heterocycles. The van der Waals surface area contributed by atoms with Crippen molar-refractivity contribution in [3.8, 4) is 0 Å². The van der Waals surface area contributed by atoms with Crippen LogP contribution in [0.3, 0.4) is 0 Å². The zero-order valence-electron chi connectivity index (χ0n) is 15.9. The van der Waals surface area contributed by atoms with Crippen molar-refractivity contribution in [2.45, 2.75) is 37.0 Å². The highest BCUT2D eigenvalue weighted by molar-refractivity contribution is 7.99. The SMILES string of the molecule is CC(CSCc1ccccc1)C(=O)NCC(C)(C)SCc1ccccc1. The molecule has 4 heteroatoms. The number of amides is 1. The Balaban J connectivity index is 1.67. The van der Waals surface area contributed by atoms with Crippen LogP contribution in [0.2, 0.25) is 0 Å². The van der Waals surface area contributed by atoms with E-state index in [4.69, 9.17) is 0 Å². The molecule has 26 heavy (non-hydrogen) atoms. The normalized spacial score (nSPS) is 12.6. The molecule has 140 valence electrons. The van der Waals surface area contributed by atoms with E-state index in [0.717, 1.165) is 17.3 Å². The van der Waals surface area contributed by atoms with Crippen LogP contribution in [0.5, 0.6) is 0 Å². The number of hydrogen-bond donors (Lipinski definition) is 1. The van der Waals surface area contributed by atoms with Crippen molar-refractivity contribution in [3.05, 3.63) is 71.8 Å². The van der Waals surface area contributed by atoms with Crippen LogP contribution in [0.4, 0.5) is 0 Å². The first kappa shape index (κ1) is 20.9. The van der Waals surface area contributed by atoms with Gasteiger partial charge in [-0.15, -0.1) is 11.8 Å². The van der Waals surface area contributed by atoms with Gasteiger partial charge in [0.1, 0.15) is 0 Å². The van der Waals surface area contributed by atoms with Crippen LogP contribution in [0, 0.1) is 5.92 Å². The second-order valence-corrected chi connectivity index (χ2v) is 9.87. The van der Waals surface area contributed by atoms with Gasteiger partial charge in [-0.1, -0.05) is 67.6 Å². The van der Waals surface area contributed by atoms with Crippen molar-refractivity contribution in [1.82, 2.24) is 5.32 Å². The molecule has 0 saturated heterocycles. The molecule has 1 unspecified atom stereocenters. The summed E-state index contributed by atoms with van der Waals surface area (Å²) in [6.45, 7) is 7.08. The van der Waals surface area contributed by atoms with Crippen molar-refractivity contribution in [1.29, 1.82) is 0 Å². The molecule has 0 fully saturated rings. The zero-order chi connectivity index (χ0) is 18.8. The van der Waals surface area contributed by atoms with Crippen LogP contribution in [-0.2, 0) is 16.3 Å². The fraction of sp³-hybridized carbons (Fsp3) is 0.409. The third kappa shape index (κ3) is 7.88. The number of nitrogens with one attached hydrogen (secondary N) is 1. The van der Waals surface area contributed by atoms with E-state index in [1.54, 1.807) is 0 Å². The van der Waals surface area contributed by atoms with Crippen molar-refractivity contribution < 1.29 is 4.79 Å². The Bertz CT molecular complexity index is 658. The number of benzene rings is 2. The largest absolute Gasteiger partial charge is 0.354 e. The molecule has 1 N–H and O–H groups in total. The van der Waals surface area contributed by atoms with Crippen LogP contribution in [-0.4, -0.2) is 23.0 Å². The molecule has 0 aliphatic carbocycles. The predicted molar refractivity (Wildman–Crippen MR) is 117 cm³/mol. The van der Waals surface area contributed by atoms with Gasteiger partial charge in [0.25, 0.3) is 0 Å². The molecular weight excluding hydrogens is 358 g/mol. The summed E-state index contributed by atoms with van der Waals surface area (Å²) >= 11 is 3.70. The summed E-state index contributed by atoms with van der Waals surface area (Å²) in [5.41, 5.74) is 2.63. The van der Waals surface area contributed by atoms with Crippen LogP contribution in [0.15, 0.2) is 60.7 Å². The Hall–Kier alpha value is -1.39. The van der Waals surface area contributed by atoms with E-state index < -0.39 is 0 Å². The highest BCUT2D eigenvalue weighted by atomic mass is 32.2. The molecule has 0 saturated carbocycles. The smallest absolute Gasteiger partial charge is 0.223 e. The zero-order valence-corrected chi connectivity index (χ0v) is 17.5. The van der Waals surface area contributed by atoms with Gasteiger partial charge >= 0.3 is 0 Å². The standard InChI is InChI=1S/C22H29NOS2/c1-18(14-25-15-19-10-6-4-7-11-19)21(24)23-17-22(2,3)26-16-20-12-8-5-9-13-20/h4-13,18H,14-17H2,1-3H3,(H,23,24).